The van der Waals surface area contributed by atoms with Crippen LogP contribution in [0.1, 0.15) is 29.5 Å². The molecule has 4 rings (SSSR count). The minimum atomic E-state index is -0.273. The van der Waals surface area contributed by atoms with Crippen LogP contribution in [-0.2, 0) is 11.3 Å². The van der Waals surface area contributed by atoms with Gasteiger partial charge in [0.25, 0.3) is 5.56 Å². The fourth-order valence-electron chi connectivity index (χ4n) is 4.02. The molecule has 1 aromatic heterocycles. The fourth-order valence-corrected chi connectivity index (χ4v) is 4.02. The molecular formula is C25H29N3O4. The van der Waals surface area contributed by atoms with Gasteiger partial charge >= 0.3 is 6.03 Å². The highest BCUT2D eigenvalue weighted by molar-refractivity contribution is 5.89. The van der Waals surface area contributed by atoms with Crippen molar-refractivity contribution in [1.29, 1.82) is 0 Å². The van der Waals surface area contributed by atoms with E-state index in [2.05, 4.69) is 10.3 Å². The van der Waals surface area contributed by atoms with Crippen LogP contribution >= 0.6 is 0 Å². The van der Waals surface area contributed by atoms with E-state index in [1.54, 1.807) is 36.3 Å². The quantitative estimate of drug-likeness (QED) is 0.602. The van der Waals surface area contributed by atoms with Crippen LogP contribution in [0.15, 0.2) is 47.3 Å². The summed E-state index contributed by atoms with van der Waals surface area (Å²) >= 11 is 0. The molecule has 1 saturated heterocycles. The Bertz CT molecular complexity index is 1160. The van der Waals surface area contributed by atoms with Crippen LogP contribution in [0.4, 0.5) is 10.5 Å². The SMILES string of the molecule is COc1ccc(NC(=O)N(Cc2cc3ccc(C)c(C)c3[nH]c2=O)C[C@@H]2CCCO2)cc1. The van der Waals surface area contributed by atoms with Crippen molar-refractivity contribution >= 4 is 22.6 Å². The second kappa shape index (κ2) is 9.44. The largest absolute Gasteiger partial charge is 0.497 e. The number of H-pyrrole nitrogens is 1. The van der Waals surface area contributed by atoms with Gasteiger partial charge in [-0.1, -0.05) is 12.1 Å². The number of anilines is 1. The molecule has 0 saturated carbocycles. The van der Waals surface area contributed by atoms with E-state index < -0.39 is 0 Å². The van der Waals surface area contributed by atoms with E-state index in [-0.39, 0.29) is 24.2 Å². The lowest BCUT2D eigenvalue weighted by Crippen LogP contribution is -2.40. The number of methoxy groups -OCH3 is 1. The predicted molar refractivity (Wildman–Crippen MR) is 125 cm³/mol. The molecule has 1 aliphatic rings. The number of nitrogens with one attached hydrogen (secondary N) is 2. The number of aromatic nitrogens is 1. The summed E-state index contributed by atoms with van der Waals surface area (Å²) in [4.78, 5) is 30.7. The average Bonchev–Trinajstić information content (AvgIpc) is 3.30. The van der Waals surface area contributed by atoms with E-state index in [4.69, 9.17) is 9.47 Å². The number of pyridine rings is 1. The van der Waals surface area contributed by atoms with Gasteiger partial charge in [-0.25, -0.2) is 4.79 Å². The molecule has 2 amide bonds. The summed E-state index contributed by atoms with van der Waals surface area (Å²) in [6.45, 7) is 5.34. The number of benzene rings is 2. The van der Waals surface area contributed by atoms with Gasteiger partial charge in [-0.2, -0.15) is 0 Å². The number of urea groups is 1. The minimum Gasteiger partial charge on any atom is -0.497 e. The molecule has 2 heterocycles. The highest BCUT2D eigenvalue weighted by atomic mass is 16.5. The Morgan fingerprint density at radius 1 is 1.22 bits per heavy atom. The molecule has 2 aromatic carbocycles. The highest BCUT2D eigenvalue weighted by Crippen LogP contribution is 2.21. The Morgan fingerprint density at radius 3 is 2.69 bits per heavy atom. The number of fused-ring (bicyclic) bond motifs is 1. The van der Waals surface area contributed by atoms with Crippen molar-refractivity contribution in [3.05, 3.63) is 69.5 Å². The third-order valence-electron chi connectivity index (χ3n) is 6.07. The third kappa shape index (κ3) is 4.78. The molecule has 1 aliphatic heterocycles. The topological polar surface area (TPSA) is 83.7 Å². The number of aryl methyl sites for hydroxylation is 2. The first kappa shape index (κ1) is 21.9. The number of hydrogen-bond acceptors (Lipinski definition) is 4. The van der Waals surface area contributed by atoms with Crippen molar-refractivity contribution < 1.29 is 14.3 Å². The summed E-state index contributed by atoms with van der Waals surface area (Å²) in [7, 11) is 1.60. The van der Waals surface area contributed by atoms with Crippen LogP contribution in [-0.4, -0.2) is 42.3 Å². The normalized spacial score (nSPS) is 15.7. The van der Waals surface area contributed by atoms with Crippen molar-refractivity contribution in [2.24, 2.45) is 0 Å². The third-order valence-corrected chi connectivity index (χ3v) is 6.07. The van der Waals surface area contributed by atoms with Gasteiger partial charge in [0, 0.05) is 24.4 Å². The minimum absolute atomic E-state index is 0.0268. The summed E-state index contributed by atoms with van der Waals surface area (Å²) in [5, 5.41) is 3.88. The van der Waals surface area contributed by atoms with Crippen LogP contribution in [0.5, 0.6) is 5.75 Å². The second-order valence-electron chi connectivity index (χ2n) is 8.27. The van der Waals surface area contributed by atoms with Crippen LogP contribution in [0.3, 0.4) is 0 Å². The Labute approximate surface area is 187 Å². The molecule has 168 valence electrons. The molecule has 0 radical (unpaired) electrons. The van der Waals surface area contributed by atoms with Gasteiger partial charge in [0.1, 0.15) is 5.75 Å². The molecule has 7 nitrogen and oxygen atoms in total. The molecule has 0 unspecified atom stereocenters. The van der Waals surface area contributed by atoms with E-state index in [1.807, 2.05) is 32.0 Å². The lowest BCUT2D eigenvalue weighted by molar-refractivity contribution is 0.0818. The molecule has 0 aliphatic carbocycles. The molecule has 1 fully saturated rings. The van der Waals surface area contributed by atoms with Gasteiger partial charge in [0.05, 0.1) is 25.3 Å². The maximum absolute atomic E-state index is 13.1. The Kier molecular flexibility index (Phi) is 6.46. The van der Waals surface area contributed by atoms with Crippen LogP contribution in [0.2, 0.25) is 0 Å². The summed E-state index contributed by atoms with van der Waals surface area (Å²) in [6, 6.07) is 12.8. The fraction of sp³-hybridized carbons (Fsp3) is 0.360. The maximum atomic E-state index is 13.1. The summed E-state index contributed by atoms with van der Waals surface area (Å²) in [5.74, 6) is 0.715. The second-order valence-corrected chi connectivity index (χ2v) is 8.27. The van der Waals surface area contributed by atoms with E-state index in [0.717, 1.165) is 34.9 Å². The monoisotopic (exact) mass is 435 g/mol. The first-order valence-electron chi connectivity index (χ1n) is 10.9. The molecule has 0 bridgehead atoms. The summed E-state index contributed by atoms with van der Waals surface area (Å²) < 4.78 is 10.9. The molecule has 2 N–H and O–H groups in total. The average molecular weight is 436 g/mol. The van der Waals surface area contributed by atoms with Gasteiger partial charge in [-0.05, 0) is 73.5 Å². The Balaban J connectivity index is 1.59. The number of aromatic amines is 1. The first-order valence-corrected chi connectivity index (χ1v) is 10.9. The number of nitrogens with zero attached hydrogens (tertiary/aromatic N) is 1. The Hall–Kier alpha value is -3.32. The zero-order valence-electron chi connectivity index (χ0n) is 18.7. The van der Waals surface area contributed by atoms with E-state index in [1.165, 1.54) is 0 Å². The molecule has 32 heavy (non-hydrogen) atoms. The number of amides is 2. The highest BCUT2D eigenvalue weighted by Gasteiger charge is 2.24. The van der Waals surface area contributed by atoms with E-state index in [9.17, 15) is 9.59 Å². The van der Waals surface area contributed by atoms with Gasteiger partial charge in [-0.3, -0.25) is 4.79 Å². The lowest BCUT2D eigenvalue weighted by atomic mass is 10.0. The molecule has 7 heteroatoms. The number of carbonyl (C=O) groups excluding carboxylic acids is 1. The molecular weight excluding hydrogens is 406 g/mol. The van der Waals surface area contributed by atoms with Gasteiger partial charge in [-0.15, -0.1) is 0 Å². The number of ether oxygens (including phenoxy) is 2. The van der Waals surface area contributed by atoms with E-state index >= 15 is 0 Å². The summed E-state index contributed by atoms with van der Waals surface area (Å²) in [6.07, 6.45) is 1.85. The van der Waals surface area contributed by atoms with Crippen molar-refractivity contribution in [2.45, 2.75) is 39.3 Å². The van der Waals surface area contributed by atoms with Gasteiger partial charge in [0.15, 0.2) is 0 Å². The van der Waals surface area contributed by atoms with Crippen LogP contribution < -0.4 is 15.6 Å². The number of rotatable bonds is 6. The molecule has 1 atom stereocenters. The predicted octanol–water partition coefficient (Wildman–Crippen LogP) is 4.37. The van der Waals surface area contributed by atoms with Gasteiger partial charge in [0.2, 0.25) is 0 Å². The zero-order valence-corrected chi connectivity index (χ0v) is 18.7. The van der Waals surface area contributed by atoms with Crippen LogP contribution in [0, 0.1) is 13.8 Å². The maximum Gasteiger partial charge on any atom is 0.322 e. The first-order chi connectivity index (χ1) is 15.4. The number of carbonyl (C=O) groups is 1. The summed E-state index contributed by atoms with van der Waals surface area (Å²) in [5.41, 5.74) is 4.04. The van der Waals surface area contributed by atoms with Crippen molar-refractivity contribution in [3.8, 4) is 5.75 Å². The zero-order chi connectivity index (χ0) is 22.7. The van der Waals surface area contributed by atoms with Crippen molar-refractivity contribution in [2.75, 3.05) is 25.6 Å². The molecule has 3 aromatic rings. The lowest BCUT2D eigenvalue weighted by Gasteiger charge is -2.26. The van der Waals surface area contributed by atoms with Crippen LogP contribution in [0.25, 0.3) is 10.9 Å². The van der Waals surface area contributed by atoms with Crippen molar-refractivity contribution in [1.82, 2.24) is 9.88 Å². The molecule has 0 spiro atoms. The smallest absolute Gasteiger partial charge is 0.322 e. The van der Waals surface area contributed by atoms with E-state index in [0.29, 0.717) is 30.2 Å². The standard InChI is InChI=1S/C25H29N3O4/c1-16-6-7-18-13-19(24(29)27-23(18)17(16)2)14-28(15-22-5-4-12-32-22)25(30)26-20-8-10-21(31-3)11-9-20/h6-11,13,22H,4-5,12,14-15H2,1-3H3,(H,26,30)(H,27,29)/t22-/m0/s1. The van der Waals surface area contributed by atoms with Crippen molar-refractivity contribution in [3.63, 3.8) is 0 Å². The van der Waals surface area contributed by atoms with Gasteiger partial charge < -0.3 is 24.7 Å². The Morgan fingerprint density at radius 2 is 2.00 bits per heavy atom. The number of hydrogen-bond donors (Lipinski definition) is 2.